The van der Waals surface area contributed by atoms with Crippen molar-refractivity contribution in [1.82, 2.24) is 10.2 Å². The second-order valence-electron chi connectivity index (χ2n) is 3.88. The van der Waals surface area contributed by atoms with Crippen molar-refractivity contribution in [2.75, 3.05) is 19.6 Å². The average molecular weight is 200 g/mol. The molecule has 0 aromatic rings. The van der Waals surface area contributed by atoms with Crippen LogP contribution in [-0.4, -0.2) is 42.7 Å². The number of halogens is 1. The maximum atomic E-state index is 12.4. The van der Waals surface area contributed by atoms with Crippen molar-refractivity contribution >= 4 is 5.91 Å². The number of amides is 1. The van der Waals surface area contributed by atoms with E-state index in [9.17, 15) is 9.18 Å². The SMILES string of the molecule is CC(C)NC(=O)/C=C/CN1CC(F)C1. The first kappa shape index (κ1) is 11.2. The molecule has 0 atom stereocenters. The Labute approximate surface area is 84.0 Å². The van der Waals surface area contributed by atoms with Crippen LogP contribution in [-0.2, 0) is 4.79 Å². The first-order valence-electron chi connectivity index (χ1n) is 4.91. The fraction of sp³-hybridized carbons (Fsp3) is 0.700. The summed E-state index contributed by atoms with van der Waals surface area (Å²) in [6, 6.07) is 0.159. The molecular weight excluding hydrogens is 183 g/mol. The van der Waals surface area contributed by atoms with E-state index in [2.05, 4.69) is 5.32 Å². The van der Waals surface area contributed by atoms with Gasteiger partial charge >= 0.3 is 0 Å². The fourth-order valence-corrected chi connectivity index (χ4v) is 1.30. The van der Waals surface area contributed by atoms with Crippen LogP contribution in [0.3, 0.4) is 0 Å². The highest BCUT2D eigenvalue weighted by atomic mass is 19.1. The van der Waals surface area contributed by atoms with Gasteiger partial charge in [-0.3, -0.25) is 9.69 Å². The number of nitrogens with zero attached hydrogens (tertiary/aromatic N) is 1. The zero-order chi connectivity index (χ0) is 10.6. The number of likely N-dealkylation sites (tertiary alicyclic amines) is 1. The molecule has 1 heterocycles. The molecule has 0 aromatic carbocycles. The van der Waals surface area contributed by atoms with E-state index in [-0.39, 0.29) is 11.9 Å². The second-order valence-corrected chi connectivity index (χ2v) is 3.88. The molecule has 0 aromatic heterocycles. The van der Waals surface area contributed by atoms with Crippen molar-refractivity contribution in [2.45, 2.75) is 26.1 Å². The van der Waals surface area contributed by atoms with E-state index in [0.29, 0.717) is 19.6 Å². The summed E-state index contributed by atoms with van der Waals surface area (Å²) < 4.78 is 12.4. The minimum atomic E-state index is -0.673. The molecule has 1 fully saturated rings. The third-order valence-corrected chi connectivity index (χ3v) is 1.98. The minimum absolute atomic E-state index is 0.0858. The van der Waals surface area contributed by atoms with Crippen LogP contribution in [0.1, 0.15) is 13.8 Å². The molecule has 1 aliphatic heterocycles. The van der Waals surface area contributed by atoms with Gasteiger partial charge in [0, 0.05) is 31.8 Å². The molecule has 0 bridgehead atoms. The summed E-state index contributed by atoms with van der Waals surface area (Å²) in [7, 11) is 0. The number of carbonyl (C=O) groups is 1. The number of rotatable bonds is 4. The molecule has 80 valence electrons. The van der Waals surface area contributed by atoms with Crippen molar-refractivity contribution in [3.63, 3.8) is 0 Å². The molecule has 1 rings (SSSR count). The lowest BCUT2D eigenvalue weighted by Crippen LogP contribution is -2.48. The predicted molar refractivity (Wildman–Crippen MR) is 53.8 cm³/mol. The third kappa shape index (κ3) is 3.87. The van der Waals surface area contributed by atoms with Gasteiger partial charge in [0.1, 0.15) is 6.17 Å². The Morgan fingerprint density at radius 2 is 2.29 bits per heavy atom. The van der Waals surface area contributed by atoms with E-state index in [4.69, 9.17) is 0 Å². The molecule has 1 saturated heterocycles. The molecule has 3 nitrogen and oxygen atoms in total. The summed E-state index contributed by atoms with van der Waals surface area (Å²) >= 11 is 0. The molecule has 0 unspecified atom stereocenters. The molecular formula is C10H17FN2O. The van der Waals surface area contributed by atoms with Crippen LogP contribution in [0.5, 0.6) is 0 Å². The van der Waals surface area contributed by atoms with E-state index in [0.717, 1.165) is 0 Å². The molecule has 1 aliphatic rings. The van der Waals surface area contributed by atoms with Gasteiger partial charge in [-0.1, -0.05) is 6.08 Å². The number of carbonyl (C=O) groups excluding carboxylic acids is 1. The number of nitrogens with one attached hydrogen (secondary N) is 1. The number of hydrogen-bond donors (Lipinski definition) is 1. The van der Waals surface area contributed by atoms with Gasteiger partial charge in [-0.15, -0.1) is 0 Å². The highest BCUT2D eigenvalue weighted by Gasteiger charge is 2.24. The van der Waals surface area contributed by atoms with Crippen LogP contribution in [0.4, 0.5) is 4.39 Å². The van der Waals surface area contributed by atoms with Crippen LogP contribution in [0, 0.1) is 0 Å². The summed E-state index contributed by atoms with van der Waals surface area (Å²) in [4.78, 5) is 13.1. The van der Waals surface area contributed by atoms with Crippen LogP contribution >= 0.6 is 0 Å². The summed E-state index contributed by atoms with van der Waals surface area (Å²) in [5, 5.41) is 2.74. The summed E-state index contributed by atoms with van der Waals surface area (Å²) in [6.07, 6.45) is 2.60. The van der Waals surface area contributed by atoms with E-state index >= 15 is 0 Å². The number of alkyl halides is 1. The quantitative estimate of drug-likeness (QED) is 0.678. The molecule has 0 saturated carbocycles. The van der Waals surface area contributed by atoms with Crippen LogP contribution in [0.25, 0.3) is 0 Å². The minimum Gasteiger partial charge on any atom is -0.350 e. The Kier molecular flexibility index (Phi) is 4.07. The summed E-state index contributed by atoms with van der Waals surface area (Å²) in [6.45, 7) is 5.47. The van der Waals surface area contributed by atoms with Crippen molar-refractivity contribution in [1.29, 1.82) is 0 Å². The Bertz CT molecular complexity index is 222. The average Bonchev–Trinajstić information content (AvgIpc) is 1.99. The van der Waals surface area contributed by atoms with Gasteiger partial charge in [0.15, 0.2) is 0 Å². The Balaban J connectivity index is 2.11. The van der Waals surface area contributed by atoms with Gasteiger partial charge in [0.05, 0.1) is 0 Å². The van der Waals surface area contributed by atoms with Crippen molar-refractivity contribution < 1.29 is 9.18 Å². The zero-order valence-electron chi connectivity index (χ0n) is 8.66. The highest BCUT2D eigenvalue weighted by molar-refractivity contribution is 5.87. The first-order chi connectivity index (χ1) is 6.58. The largest absolute Gasteiger partial charge is 0.350 e. The lowest BCUT2D eigenvalue weighted by Gasteiger charge is -2.33. The van der Waals surface area contributed by atoms with Crippen LogP contribution in [0.2, 0.25) is 0 Å². The van der Waals surface area contributed by atoms with Gasteiger partial charge in [-0.25, -0.2) is 4.39 Å². The molecule has 14 heavy (non-hydrogen) atoms. The predicted octanol–water partition coefficient (Wildman–Crippen LogP) is 0.721. The number of hydrogen-bond acceptors (Lipinski definition) is 2. The lowest BCUT2D eigenvalue weighted by molar-refractivity contribution is -0.116. The first-order valence-corrected chi connectivity index (χ1v) is 4.91. The Hall–Kier alpha value is -0.900. The van der Waals surface area contributed by atoms with Crippen LogP contribution < -0.4 is 5.32 Å². The topological polar surface area (TPSA) is 32.3 Å². The monoisotopic (exact) mass is 200 g/mol. The molecule has 0 spiro atoms. The van der Waals surface area contributed by atoms with Gasteiger partial charge in [0.2, 0.25) is 5.91 Å². The molecule has 0 radical (unpaired) electrons. The fourth-order valence-electron chi connectivity index (χ4n) is 1.30. The molecule has 0 aliphatic carbocycles. The van der Waals surface area contributed by atoms with Crippen LogP contribution in [0.15, 0.2) is 12.2 Å². The van der Waals surface area contributed by atoms with Crippen molar-refractivity contribution in [3.05, 3.63) is 12.2 Å². The van der Waals surface area contributed by atoms with Gasteiger partial charge in [-0.2, -0.15) is 0 Å². The zero-order valence-corrected chi connectivity index (χ0v) is 8.66. The van der Waals surface area contributed by atoms with E-state index in [1.807, 2.05) is 18.7 Å². The summed E-state index contributed by atoms with van der Waals surface area (Å²) in [5.41, 5.74) is 0. The van der Waals surface area contributed by atoms with E-state index in [1.54, 1.807) is 6.08 Å². The Morgan fingerprint density at radius 3 is 2.79 bits per heavy atom. The standard InChI is InChI=1S/C10H17FN2O/c1-8(2)12-10(14)4-3-5-13-6-9(11)7-13/h3-4,8-9H,5-7H2,1-2H3,(H,12,14)/b4-3+. The maximum absolute atomic E-state index is 12.4. The third-order valence-electron chi connectivity index (χ3n) is 1.98. The lowest BCUT2D eigenvalue weighted by atomic mass is 10.2. The smallest absolute Gasteiger partial charge is 0.243 e. The Morgan fingerprint density at radius 1 is 1.64 bits per heavy atom. The van der Waals surface area contributed by atoms with Gasteiger partial charge < -0.3 is 5.32 Å². The van der Waals surface area contributed by atoms with E-state index in [1.165, 1.54) is 6.08 Å². The van der Waals surface area contributed by atoms with Crippen molar-refractivity contribution in [3.8, 4) is 0 Å². The van der Waals surface area contributed by atoms with E-state index < -0.39 is 6.17 Å². The maximum Gasteiger partial charge on any atom is 0.243 e. The molecule has 4 heteroatoms. The molecule has 1 amide bonds. The normalized spacial score (nSPS) is 18.9. The molecule has 1 N–H and O–H groups in total. The highest BCUT2D eigenvalue weighted by Crippen LogP contribution is 2.09. The van der Waals surface area contributed by atoms with Gasteiger partial charge in [0.25, 0.3) is 0 Å². The summed E-state index contributed by atoms with van der Waals surface area (Å²) in [5.74, 6) is -0.0858. The van der Waals surface area contributed by atoms with Crippen molar-refractivity contribution in [2.24, 2.45) is 0 Å². The second kappa shape index (κ2) is 5.10. The van der Waals surface area contributed by atoms with Gasteiger partial charge in [-0.05, 0) is 13.8 Å².